The second-order valence-corrected chi connectivity index (χ2v) is 7.75. The number of carbonyl (C=O) groups is 1. The van der Waals surface area contributed by atoms with Gasteiger partial charge in [-0.2, -0.15) is 0 Å². The van der Waals surface area contributed by atoms with Crippen LogP contribution < -0.4 is 15.5 Å². The van der Waals surface area contributed by atoms with E-state index in [0.29, 0.717) is 17.6 Å². The van der Waals surface area contributed by atoms with Crippen LogP contribution in [0.15, 0.2) is 36.5 Å². The lowest BCUT2D eigenvalue weighted by molar-refractivity contribution is 0.0953. The van der Waals surface area contributed by atoms with Gasteiger partial charge in [-0.05, 0) is 51.1 Å². The number of carbonyl (C=O) groups excluding carboxylic acids is 1. The standard InChI is InChI=1S/C20H23N5OS/c1-13-12-14-6-3-4-7-15(14)25(13)16-8-11-23-19-17(16)24-20(27-19)18(26)22-10-5-9-21-2/h3-4,6-8,11,13,21H,5,9-10,12H2,1-2H3,(H,22,26)/t13-/m1/s1. The number of thiazole rings is 1. The summed E-state index contributed by atoms with van der Waals surface area (Å²) < 4.78 is 0. The molecule has 0 unspecified atom stereocenters. The number of hydrogen-bond acceptors (Lipinski definition) is 6. The highest BCUT2D eigenvalue weighted by Gasteiger charge is 2.29. The summed E-state index contributed by atoms with van der Waals surface area (Å²) in [5, 5.41) is 6.48. The number of fused-ring (bicyclic) bond motifs is 2. The molecule has 27 heavy (non-hydrogen) atoms. The number of rotatable bonds is 6. The number of nitrogens with zero attached hydrogens (tertiary/aromatic N) is 3. The fourth-order valence-electron chi connectivity index (χ4n) is 3.59. The highest BCUT2D eigenvalue weighted by Crippen LogP contribution is 2.41. The molecule has 1 aliphatic rings. The third kappa shape index (κ3) is 3.40. The minimum Gasteiger partial charge on any atom is -0.350 e. The molecule has 0 saturated heterocycles. The Morgan fingerprint density at radius 2 is 2.11 bits per heavy atom. The van der Waals surface area contributed by atoms with E-state index in [1.807, 2.05) is 13.1 Å². The lowest BCUT2D eigenvalue weighted by Gasteiger charge is -2.25. The fourth-order valence-corrected chi connectivity index (χ4v) is 4.43. The van der Waals surface area contributed by atoms with E-state index in [1.54, 1.807) is 6.20 Å². The molecule has 1 aromatic carbocycles. The maximum atomic E-state index is 12.4. The summed E-state index contributed by atoms with van der Waals surface area (Å²) in [6.45, 7) is 3.72. The first-order chi connectivity index (χ1) is 13.2. The van der Waals surface area contributed by atoms with E-state index in [1.165, 1.54) is 22.6 Å². The van der Waals surface area contributed by atoms with Crippen molar-refractivity contribution in [1.82, 2.24) is 20.6 Å². The van der Waals surface area contributed by atoms with Gasteiger partial charge in [-0.1, -0.05) is 29.5 Å². The summed E-state index contributed by atoms with van der Waals surface area (Å²) in [6.07, 6.45) is 3.69. The van der Waals surface area contributed by atoms with Crippen LogP contribution in [-0.4, -0.2) is 42.1 Å². The third-order valence-corrected chi connectivity index (χ3v) is 5.79. The normalized spacial score (nSPS) is 15.9. The Balaban J connectivity index is 1.65. The van der Waals surface area contributed by atoms with Gasteiger partial charge in [0, 0.05) is 24.5 Å². The zero-order valence-electron chi connectivity index (χ0n) is 15.5. The van der Waals surface area contributed by atoms with Gasteiger partial charge in [0.1, 0.15) is 10.3 Å². The smallest absolute Gasteiger partial charge is 0.280 e. The van der Waals surface area contributed by atoms with Crippen molar-refractivity contribution in [2.45, 2.75) is 25.8 Å². The number of anilines is 2. The molecule has 3 heterocycles. The number of amides is 1. The van der Waals surface area contributed by atoms with E-state index >= 15 is 0 Å². The minimum atomic E-state index is -0.130. The topological polar surface area (TPSA) is 70.2 Å². The molecule has 0 bridgehead atoms. The van der Waals surface area contributed by atoms with Gasteiger partial charge in [0.2, 0.25) is 0 Å². The third-order valence-electron chi connectivity index (χ3n) is 4.83. The SMILES string of the molecule is CNCCCNC(=O)c1nc2c(N3c4ccccc4C[C@H]3C)ccnc2s1. The van der Waals surface area contributed by atoms with Crippen molar-refractivity contribution >= 4 is 39.0 Å². The Morgan fingerprint density at radius 3 is 2.96 bits per heavy atom. The van der Waals surface area contributed by atoms with Crippen LogP contribution in [0.25, 0.3) is 10.3 Å². The van der Waals surface area contributed by atoms with Crippen LogP contribution in [0, 0.1) is 0 Å². The molecular formula is C20H23N5OS. The van der Waals surface area contributed by atoms with Crippen molar-refractivity contribution in [3.8, 4) is 0 Å². The molecule has 1 aliphatic heterocycles. The van der Waals surface area contributed by atoms with Gasteiger partial charge < -0.3 is 15.5 Å². The average Bonchev–Trinajstić information content (AvgIpc) is 3.25. The molecule has 3 aromatic rings. The Kier molecular flexibility index (Phi) is 5.05. The number of hydrogen-bond donors (Lipinski definition) is 2. The van der Waals surface area contributed by atoms with Crippen molar-refractivity contribution in [1.29, 1.82) is 0 Å². The summed E-state index contributed by atoms with van der Waals surface area (Å²) in [4.78, 5) is 24.7. The zero-order chi connectivity index (χ0) is 18.8. The molecule has 0 radical (unpaired) electrons. The highest BCUT2D eigenvalue weighted by molar-refractivity contribution is 7.20. The lowest BCUT2D eigenvalue weighted by Crippen LogP contribution is -2.26. The predicted molar refractivity (Wildman–Crippen MR) is 110 cm³/mol. The van der Waals surface area contributed by atoms with E-state index < -0.39 is 0 Å². The van der Waals surface area contributed by atoms with Crippen molar-refractivity contribution in [3.05, 3.63) is 47.1 Å². The summed E-state index contributed by atoms with van der Waals surface area (Å²) in [5.41, 5.74) is 4.37. The molecule has 6 nitrogen and oxygen atoms in total. The molecule has 7 heteroatoms. The molecule has 0 aliphatic carbocycles. The Hall–Kier alpha value is -2.51. The average molecular weight is 382 g/mol. The van der Waals surface area contributed by atoms with Crippen molar-refractivity contribution in [2.24, 2.45) is 0 Å². The van der Waals surface area contributed by atoms with E-state index in [-0.39, 0.29) is 5.91 Å². The number of aromatic nitrogens is 2. The molecule has 2 aromatic heterocycles. The monoisotopic (exact) mass is 381 g/mol. The zero-order valence-corrected chi connectivity index (χ0v) is 16.3. The van der Waals surface area contributed by atoms with Gasteiger partial charge in [-0.25, -0.2) is 9.97 Å². The fraction of sp³-hybridized carbons (Fsp3) is 0.350. The van der Waals surface area contributed by atoms with Crippen LogP contribution in [0.1, 0.15) is 28.7 Å². The summed E-state index contributed by atoms with van der Waals surface area (Å²) in [6, 6.07) is 10.8. The van der Waals surface area contributed by atoms with Crippen LogP contribution in [0.4, 0.5) is 11.4 Å². The highest BCUT2D eigenvalue weighted by atomic mass is 32.1. The molecular weight excluding hydrogens is 358 g/mol. The van der Waals surface area contributed by atoms with Gasteiger partial charge >= 0.3 is 0 Å². The van der Waals surface area contributed by atoms with Crippen molar-refractivity contribution < 1.29 is 4.79 Å². The molecule has 0 saturated carbocycles. The second-order valence-electron chi connectivity index (χ2n) is 6.77. The van der Waals surface area contributed by atoms with Crippen molar-refractivity contribution in [3.63, 3.8) is 0 Å². The lowest BCUT2D eigenvalue weighted by atomic mass is 10.1. The molecule has 0 fully saturated rings. The van der Waals surface area contributed by atoms with Crippen molar-refractivity contribution in [2.75, 3.05) is 25.0 Å². The first-order valence-corrected chi connectivity index (χ1v) is 10.1. The van der Waals surface area contributed by atoms with E-state index in [9.17, 15) is 4.79 Å². The van der Waals surface area contributed by atoms with Crippen LogP contribution in [0.2, 0.25) is 0 Å². The molecule has 4 rings (SSSR count). The quantitative estimate of drug-likeness (QED) is 0.642. The molecule has 1 amide bonds. The maximum absolute atomic E-state index is 12.4. The molecule has 2 N–H and O–H groups in total. The maximum Gasteiger partial charge on any atom is 0.280 e. The van der Waals surface area contributed by atoms with Crippen LogP contribution in [0.3, 0.4) is 0 Å². The largest absolute Gasteiger partial charge is 0.350 e. The van der Waals surface area contributed by atoms with E-state index in [2.05, 4.69) is 56.7 Å². The molecule has 1 atom stereocenters. The molecule has 0 spiro atoms. The van der Waals surface area contributed by atoms with Gasteiger partial charge in [-0.15, -0.1) is 0 Å². The van der Waals surface area contributed by atoms with Gasteiger partial charge in [-0.3, -0.25) is 4.79 Å². The van der Waals surface area contributed by atoms with Crippen LogP contribution >= 0.6 is 11.3 Å². The second kappa shape index (κ2) is 7.62. The van der Waals surface area contributed by atoms with E-state index in [0.717, 1.165) is 35.4 Å². The van der Waals surface area contributed by atoms with E-state index in [4.69, 9.17) is 0 Å². The number of para-hydroxylation sites is 1. The summed E-state index contributed by atoms with van der Waals surface area (Å²) in [7, 11) is 1.90. The minimum absolute atomic E-state index is 0.130. The first kappa shape index (κ1) is 17.9. The number of pyridine rings is 1. The van der Waals surface area contributed by atoms with Crippen LogP contribution in [0.5, 0.6) is 0 Å². The van der Waals surface area contributed by atoms with Gasteiger partial charge in [0.05, 0.1) is 5.69 Å². The Bertz CT molecular complexity index is 970. The predicted octanol–water partition coefficient (Wildman–Crippen LogP) is 3.11. The Labute approximate surface area is 162 Å². The van der Waals surface area contributed by atoms with Crippen LogP contribution in [-0.2, 0) is 6.42 Å². The summed E-state index contributed by atoms with van der Waals surface area (Å²) >= 11 is 1.35. The Morgan fingerprint density at radius 1 is 1.26 bits per heavy atom. The number of nitrogens with one attached hydrogen (secondary N) is 2. The summed E-state index contributed by atoms with van der Waals surface area (Å²) in [5.74, 6) is -0.130. The van der Waals surface area contributed by atoms with Gasteiger partial charge in [0.15, 0.2) is 5.01 Å². The number of benzene rings is 1. The first-order valence-electron chi connectivity index (χ1n) is 9.24. The van der Waals surface area contributed by atoms with Gasteiger partial charge in [0.25, 0.3) is 5.91 Å². The molecule has 140 valence electrons.